The molecule has 0 saturated heterocycles. The summed E-state index contributed by atoms with van der Waals surface area (Å²) in [5.74, 6) is 0.452. The Morgan fingerprint density at radius 3 is 2.61 bits per heavy atom. The molecule has 0 aliphatic carbocycles. The Balaban J connectivity index is 2.96. The van der Waals surface area contributed by atoms with Gasteiger partial charge in [0.2, 0.25) is 0 Å². The summed E-state index contributed by atoms with van der Waals surface area (Å²) in [7, 11) is -3.73. The van der Waals surface area contributed by atoms with Gasteiger partial charge in [0.25, 0.3) is 0 Å². The number of carbonyl (C=O) groups is 1. The monoisotopic (exact) mass is 270 g/mol. The maximum Gasteiger partial charge on any atom is 0.377 e. The van der Waals surface area contributed by atoms with Gasteiger partial charge in [-0.3, -0.25) is 0 Å². The van der Waals surface area contributed by atoms with E-state index in [9.17, 15) is 14.3 Å². The lowest BCUT2D eigenvalue weighted by atomic mass is 10.0. The highest BCUT2D eigenvalue weighted by Crippen LogP contribution is 2.44. The molecule has 0 heterocycles. The van der Waals surface area contributed by atoms with Crippen molar-refractivity contribution in [2.45, 2.75) is 33.1 Å². The highest BCUT2D eigenvalue weighted by atomic mass is 31.2. The predicted octanol–water partition coefficient (Wildman–Crippen LogP) is 2.96. The van der Waals surface area contributed by atoms with E-state index >= 15 is 0 Å². The molecule has 0 aromatic heterocycles. The van der Waals surface area contributed by atoms with E-state index in [1.807, 2.05) is 26.0 Å². The zero-order valence-electron chi connectivity index (χ0n) is 10.8. The van der Waals surface area contributed by atoms with Crippen LogP contribution in [0.1, 0.15) is 31.4 Å². The molecule has 0 aliphatic rings. The molecule has 0 bridgehead atoms. The lowest BCUT2D eigenvalue weighted by molar-refractivity contribution is -0.107. The van der Waals surface area contributed by atoms with Gasteiger partial charge < -0.3 is 14.2 Å². The van der Waals surface area contributed by atoms with Crippen LogP contribution in [0.2, 0.25) is 0 Å². The summed E-state index contributed by atoms with van der Waals surface area (Å²) in [5, 5.41) is 0. The van der Waals surface area contributed by atoms with Crippen molar-refractivity contribution >= 4 is 13.9 Å². The van der Waals surface area contributed by atoms with E-state index in [1.165, 1.54) is 0 Å². The summed E-state index contributed by atoms with van der Waals surface area (Å²) in [5.41, 5.74) is 2.07. The first-order chi connectivity index (χ1) is 8.54. The smallest absolute Gasteiger partial charge is 0.377 e. The minimum absolute atomic E-state index is 0.0305. The van der Waals surface area contributed by atoms with E-state index < -0.39 is 7.60 Å². The molecule has 1 unspecified atom stereocenters. The zero-order valence-corrected chi connectivity index (χ0v) is 11.7. The Labute approximate surface area is 108 Å². The van der Waals surface area contributed by atoms with Gasteiger partial charge in [-0.25, -0.2) is 4.57 Å². The molecule has 0 saturated carbocycles. The molecule has 0 amide bonds. The normalized spacial score (nSPS) is 13.9. The van der Waals surface area contributed by atoms with Gasteiger partial charge in [-0.05, 0) is 30.0 Å². The number of carbonyl (C=O) groups excluding carboxylic acids is 1. The summed E-state index contributed by atoms with van der Waals surface area (Å²) in [6.45, 7) is 4.01. The van der Waals surface area contributed by atoms with E-state index in [2.05, 4.69) is 0 Å². The Morgan fingerprint density at radius 2 is 2.06 bits per heavy atom. The van der Waals surface area contributed by atoms with E-state index in [1.54, 1.807) is 6.07 Å². The van der Waals surface area contributed by atoms with Crippen LogP contribution in [0.25, 0.3) is 0 Å². The molecule has 100 valence electrons. The summed E-state index contributed by atoms with van der Waals surface area (Å²) in [4.78, 5) is 19.9. The third-order valence-electron chi connectivity index (χ3n) is 2.74. The van der Waals surface area contributed by atoms with Crippen LogP contribution in [0.15, 0.2) is 18.2 Å². The van der Waals surface area contributed by atoms with Crippen molar-refractivity contribution < 1.29 is 18.8 Å². The fraction of sp³-hybridized carbons (Fsp3) is 0.462. The van der Waals surface area contributed by atoms with Crippen molar-refractivity contribution in [3.8, 4) is 5.75 Å². The number of aldehydes is 1. The molecule has 0 radical (unpaired) electrons. The number of hydrogen-bond acceptors (Lipinski definition) is 3. The molecule has 0 fully saturated rings. The first-order valence-electron chi connectivity index (χ1n) is 6.09. The van der Waals surface area contributed by atoms with Crippen LogP contribution in [0.4, 0.5) is 0 Å². The Hall–Kier alpha value is -1.12. The second-order valence-corrected chi connectivity index (χ2v) is 5.91. The molecule has 5 heteroatoms. The third kappa shape index (κ3) is 3.97. The van der Waals surface area contributed by atoms with Crippen molar-refractivity contribution in [1.82, 2.24) is 0 Å². The minimum Gasteiger partial charge on any atom is -0.424 e. The molecule has 1 aromatic carbocycles. The van der Waals surface area contributed by atoms with Gasteiger partial charge in [-0.1, -0.05) is 26.0 Å². The Bertz CT molecular complexity index is 456. The SMILES string of the molecule is CCc1cccc(OP(=O)(O)CCC=O)c1CC. The number of benzene rings is 1. The van der Waals surface area contributed by atoms with E-state index in [4.69, 9.17) is 4.52 Å². The van der Waals surface area contributed by atoms with Gasteiger partial charge in [0, 0.05) is 6.42 Å². The minimum atomic E-state index is -3.73. The van der Waals surface area contributed by atoms with E-state index in [0.29, 0.717) is 12.0 Å². The maximum atomic E-state index is 11.8. The van der Waals surface area contributed by atoms with Gasteiger partial charge in [-0.15, -0.1) is 0 Å². The van der Waals surface area contributed by atoms with Crippen LogP contribution < -0.4 is 4.52 Å². The van der Waals surface area contributed by atoms with Gasteiger partial charge >= 0.3 is 7.60 Å². The highest BCUT2D eigenvalue weighted by molar-refractivity contribution is 7.53. The van der Waals surface area contributed by atoms with Gasteiger partial charge in [-0.2, -0.15) is 0 Å². The van der Waals surface area contributed by atoms with Crippen LogP contribution in [-0.4, -0.2) is 17.3 Å². The highest BCUT2D eigenvalue weighted by Gasteiger charge is 2.22. The van der Waals surface area contributed by atoms with Crippen LogP contribution in [0, 0.1) is 0 Å². The summed E-state index contributed by atoms with van der Waals surface area (Å²) in [6, 6.07) is 5.49. The Morgan fingerprint density at radius 1 is 1.33 bits per heavy atom. The third-order valence-corrected chi connectivity index (χ3v) is 4.04. The fourth-order valence-electron chi connectivity index (χ4n) is 1.84. The largest absolute Gasteiger partial charge is 0.424 e. The van der Waals surface area contributed by atoms with Gasteiger partial charge in [0.15, 0.2) is 0 Å². The molecular weight excluding hydrogens is 251 g/mol. The maximum absolute atomic E-state index is 11.8. The van der Waals surface area contributed by atoms with Crippen molar-refractivity contribution in [3.63, 3.8) is 0 Å². The number of aryl methyl sites for hydroxylation is 1. The molecule has 18 heavy (non-hydrogen) atoms. The second-order valence-electron chi connectivity index (χ2n) is 4.01. The Kier molecular flexibility index (Phi) is 5.57. The van der Waals surface area contributed by atoms with Crippen LogP contribution in [0.5, 0.6) is 5.75 Å². The zero-order chi connectivity index (χ0) is 13.6. The molecule has 1 N–H and O–H groups in total. The molecule has 0 aliphatic heterocycles. The molecule has 0 spiro atoms. The molecular formula is C13H19O4P. The lowest BCUT2D eigenvalue weighted by Crippen LogP contribution is -2.02. The number of hydrogen-bond donors (Lipinski definition) is 1. The van der Waals surface area contributed by atoms with E-state index in [0.717, 1.165) is 24.0 Å². The molecule has 1 atom stereocenters. The number of rotatable bonds is 7. The first kappa shape index (κ1) is 14.9. The summed E-state index contributed by atoms with van der Waals surface area (Å²) < 4.78 is 17.0. The first-order valence-corrected chi connectivity index (χ1v) is 7.86. The molecule has 4 nitrogen and oxygen atoms in total. The van der Waals surface area contributed by atoms with Crippen molar-refractivity contribution in [1.29, 1.82) is 0 Å². The average molecular weight is 270 g/mol. The van der Waals surface area contributed by atoms with Gasteiger partial charge in [0.05, 0.1) is 6.16 Å². The van der Waals surface area contributed by atoms with Gasteiger partial charge in [0.1, 0.15) is 12.0 Å². The molecule has 1 rings (SSSR count). The predicted molar refractivity (Wildman–Crippen MR) is 71.2 cm³/mol. The van der Waals surface area contributed by atoms with E-state index in [-0.39, 0.29) is 12.6 Å². The summed E-state index contributed by atoms with van der Waals surface area (Å²) in [6.07, 6.45) is 2.10. The topological polar surface area (TPSA) is 63.6 Å². The van der Waals surface area contributed by atoms with Crippen LogP contribution >= 0.6 is 7.60 Å². The quantitative estimate of drug-likeness (QED) is 0.611. The van der Waals surface area contributed by atoms with Crippen molar-refractivity contribution in [3.05, 3.63) is 29.3 Å². The molecule has 1 aromatic rings. The second kappa shape index (κ2) is 6.72. The standard InChI is InChI=1S/C13H19O4P/c1-3-11-7-5-8-13(12(11)4-2)17-18(15,16)10-6-9-14/h5,7-9H,3-4,6,10H2,1-2H3,(H,15,16). The van der Waals surface area contributed by atoms with Crippen LogP contribution in [-0.2, 0) is 22.2 Å². The average Bonchev–Trinajstić information content (AvgIpc) is 2.35. The van der Waals surface area contributed by atoms with Crippen LogP contribution in [0.3, 0.4) is 0 Å². The lowest BCUT2D eigenvalue weighted by Gasteiger charge is -2.17. The van der Waals surface area contributed by atoms with Crippen molar-refractivity contribution in [2.75, 3.05) is 6.16 Å². The summed E-state index contributed by atoms with van der Waals surface area (Å²) >= 11 is 0. The fourth-order valence-corrected chi connectivity index (χ4v) is 2.85. The van der Waals surface area contributed by atoms with Crippen molar-refractivity contribution in [2.24, 2.45) is 0 Å².